The summed E-state index contributed by atoms with van der Waals surface area (Å²) in [5, 5.41) is 3.44. The van der Waals surface area contributed by atoms with Gasteiger partial charge in [0.05, 0.1) is 0 Å². The standard InChI is InChI=1S/C15H25N3/c1-13-5-2-3-11-18(13)12-4-10-17-15-8-6-14(16)7-9-15/h6-9,13,17H,2-5,10-12,16H2,1H3. The minimum absolute atomic E-state index is 0.773. The first-order chi connectivity index (χ1) is 8.75. The Labute approximate surface area is 110 Å². The Balaban J connectivity index is 1.65. The smallest absolute Gasteiger partial charge is 0.0341 e. The van der Waals surface area contributed by atoms with Gasteiger partial charge in [0.2, 0.25) is 0 Å². The van der Waals surface area contributed by atoms with Gasteiger partial charge in [-0.15, -0.1) is 0 Å². The van der Waals surface area contributed by atoms with Crippen molar-refractivity contribution in [3.63, 3.8) is 0 Å². The normalized spacial score (nSPS) is 20.8. The fraction of sp³-hybridized carbons (Fsp3) is 0.600. The Morgan fingerprint density at radius 2 is 2.06 bits per heavy atom. The lowest BCUT2D eigenvalue weighted by atomic mass is 10.0. The van der Waals surface area contributed by atoms with Gasteiger partial charge in [-0.25, -0.2) is 0 Å². The molecule has 1 aromatic rings. The lowest BCUT2D eigenvalue weighted by molar-refractivity contribution is 0.160. The van der Waals surface area contributed by atoms with E-state index in [-0.39, 0.29) is 0 Å². The molecular weight excluding hydrogens is 222 g/mol. The van der Waals surface area contributed by atoms with Crippen LogP contribution >= 0.6 is 0 Å². The Bertz CT molecular complexity index is 347. The number of nitrogens with one attached hydrogen (secondary N) is 1. The van der Waals surface area contributed by atoms with Crippen LogP contribution in [0.4, 0.5) is 11.4 Å². The van der Waals surface area contributed by atoms with Crippen LogP contribution in [-0.2, 0) is 0 Å². The van der Waals surface area contributed by atoms with E-state index in [1.807, 2.05) is 24.3 Å². The van der Waals surface area contributed by atoms with Crippen LogP contribution in [0.5, 0.6) is 0 Å². The maximum atomic E-state index is 5.66. The van der Waals surface area contributed by atoms with Gasteiger partial charge in [0.25, 0.3) is 0 Å². The SMILES string of the molecule is CC1CCCCN1CCCNc1ccc(N)cc1. The molecule has 0 aliphatic carbocycles. The third kappa shape index (κ3) is 3.91. The van der Waals surface area contributed by atoms with Crippen LogP contribution in [0, 0.1) is 0 Å². The summed E-state index contributed by atoms with van der Waals surface area (Å²) in [6, 6.07) is 8.73. The summed E-state index contributed by atoms with van der Waals surface area (Å²) in [6.07, 6.45) is 5.34. The predicted octanol–water partition coefficient (Wildman–Crippen LogP) is 2.95. The molecule has 1 saturated heterocycles. The molecule has 1 aliphatic heterocycles. The molecule has 0 radical (unpaired) electrons. The second-order valence-electron chi connectivity index (χ2n) is 5.28. The number of rotatable bonds is 5. The number of benzene rings is 1. The van der Waals surface area contributed by atoms with E-state index in [1.165, 1.54) is 38.8 Å². The molecule has 3 N–H and O–H groups in total. The van der Waals surface area contributed by atoms with Crippen LogP contribution in [0.15, 0.2) is 24.3 Å². The Hall–Kier alpha value is -1.22. The number of nitrogens with zero attached hydrogens (tertiary/aromatic N) is 1. The average Bonchev–Trinajstić information content (AvgIpc) is 2.39. The fourth-order valence-corrected chi connectivity index (χ4v) is 2.61. The average molecular weight is 247 g/mol. The first-order valence-electron chi connectivity index (χ1n) is 7.09. The zero-order chi connectivity index (χ0) is 12.8. The zero-order valence-corrected chi connectivity index (χ0v) is 11.4. The number of hydrogen-bond donors (Lipinski definition) is 2. The van der Waals surface area contributed by atoms with E-state index < -0.39 is 0 Å². The van der Waals surface area contributed by atoms with Crippen LogP contribution in [0.1, 0.15) is 32.6 Å². The van der Waals surface area contributed by atoms with Gasteiger partial charge < -0.3 is 16.0 Å². The zero-order valence-electron chi connectivity index (χ0n) is 11.4. The highest BCUT2D eigenvalue weighted by molar-refractivity contribution is 5.51. The number of anilines is 2. The third-order valence-electron chi connectivity index (χ3n) is 3.80. The molecule has 1 aromatic carbocycles. The number of nitrogens with two attached hydrogens (primary N) is 1. The molecule has 3 nitrogen and oxygen atoms in total. The molecule has 0 bridgehead atoms. The van der Waals surface area contributed by atoms with Crippen molar-refractivity contribution in [2.45, 2.75) is 38.6 Å². The van der Waals surface area contributed by atoms with E-state index >= 15 is 0 Å². The summed E-state index contributed by atoms with van der Waals surface area (Å²) >= 11 is 0. The maximum absolute atomic E-state index is 5.66. The minimum atomic E-state index is 0.773. The van der Waals surface area contributed by atoms with Crippen molar-refractivity contribution in [1.29, 1.82) is 0 Å². The van der Waals surface area contributed by atoms with Crippen molar-refractivity contribution >= 4 is 11.4 Å². The van der Waals surface area contributed by atoms with Crippen LogP contribution in [-0.4, -0.2) is 30.6 Å². The molecule has 3 heteroatoms. The number of piperidine rings is 1. The van der Waals surface area contributed by atoms with Crippen LogP contribution in [0.2, 0.25) is 0 Å². The predicted molar refractivity (Wildman–Crippen MR) is 78.8 cm³/mol. The molecule has 1 atom stereocenters. The van der Waals surface area contributed by atoms with E-state index in [2.05, 4.69) is 17.1 Å². The molecule has 1 heterocycles. The van der Waals surface area contributed by atoms with Gasteiger partial charge in [0.1, 0.15) is 0 Å². The van der Waals surface area contributed by atoms with Crippen molar-refractivity contribution in [2.75, 3.05) is 30.7 Å². The van der Waals surface area contributed by atoms with E-state index in [1.54, 1.807) is 0 Å². The number of hydrogen-bond acceptors (Lipinski definition) is 3. The van der Waals surface area contributed by atoms with Crippen molar-refractivity contribution in [3.05, 3.63) is 24.3 Å². The molecule has 0 amide bonds. The summed E-state index contributed by atoms with van der Waals surface area (Å²) < 4.78 is 0. The highest BCUT2D eigenvalue weighted by atomic mass is 15.2. The second kappa shape index (κ2) is 6.64. The fourth-order valence-electron chi connectivity index (χ4n) is 2.61. The Morgan fingerprint density at radius 1 is 1.28 bits per heavy atom. The minimum Gasteiger partial charge on any atom is -0.399 e. The molecule has 0 saturated carbocycles. The quantitative estimate of drug-likeness (QED) is 0.621. The monoisotopic (exact) mass is 247 g/mol. The number of likely N-dealkylation sites (tertiary alicyclic amines) is 1. The highest BCUT2D eigenvalue weighted by Crippen LogP contribution is 2.16. The van der Waals surface area contributed by atoms with Gasteiger partial charge in [-0.05, 0) is 57.0 Å². The maximum Gasteiger partial charge on any atom is 0.0341 e. The van der Waals surface area contributed by atoms with Crippen LogP contribution in [0.3, 0.4) is 0 Å². The summed E-state index contributed by atoms with van der Waals surface area (Å²) in [4.78, 5) is 2.62. The number of nitrogen functional groups attached to an aromatic ring is 1. The third-order valence-corrected chi connectivity index (χ3v) is 3.80. The molecule has 18 heavy (non-hydrogen) atoms. The summed E-state index contributed by atoms with van der Waals surface area (Å²) in [5.41, 5.74) is 7.64. The van der Waals surface area contributed by atoms with Gasteiger partial charge in [-0.2, -0.15) is 0 Å². The van der Waals surface area contributed by atoms with E-state index in [0.717, 1.165) is 24.0 Å². The topological polar surface area (TPSA) is 41.3 Å². The molecule has 1 unspecified atom stereocenters. The second-order valence-corrected chi connectivity index (χ2v) is 5.28. The van der Waals surface area contributed by atoms with Gasteiger partial charge in [0, 0.05) is 30.5 Å². The molecule has 100 valence electrons. The largest absolute Gasteiger partial charge is 0.399 e. The summed E-state index contributed by atoms with van der Waals surface area (Å²) in [5.74, 6) is 0. The molecular formula is C15H25N3. The molecule has 1 fully saturated rings. The highest BCUT2D eigenvalue weighted by Gasteiger charge is 2.16. The van der Waals surface area contributed by atoms with Crippen molar-refractivity contribution in [1.82, 2.24) is 4.90 Å². The van der Waals surface area contributed by atoms with Gasteiger partial charge in [-0.1, -0.05) is 6.42 Å². The molecule has 2 rings (SSSR count). The molecule has 1 aliphatic rings. The van der Waals surface area contributed by atoms with Gasteiger partial charge >= 0.3 is 0 Å². The van der Waals surface area contributed by atoms with Crippen molar-refractivity contribution < 1.29 is 0 Å². The van der Waals surface area contributed by atoms with Crippen LogP contribution < -0.4 is 11.1 Å². The Morgan fingerprint density at radius 3 is 2.78 bits per heavy atom. The van der Waals surface area contributed by atoms with Crippen molar-refractivity contribution in [2.24, 2.45) is 0 Å². The molecule has 0 aromatic heterocycles. The Kier molecular flexibility index (Phi) is 4.88. The summed E-state index contributed by atoms with van der Waals surface area (Å²) in [7, 11) is 0. The van der Waals surface area contributed by atoms with E-state index in [0.29, 0.717) is 0 Å². The summed E-state index contributed by atoms with van der Waals surface area (Å²) in [6.45, 7) is 5.88. The molecule has 0 spiro atoms. The van der Waals surface area contributed by atoms with Crippen LogP contribution in [0.25, 0.3) is 0 Å². The first-order valence-corrected chi connectivity index (χ1v) is 7.09. The van der Waals surface area contributed by atoms with E-state index in [4.69, 9.17) is 5.73 Å². The lowest BCUT2D eigenvalue weighted by Crippen LogP contribution is -2.38. The van der Waals surface area contributed by atoms with Gasteiger partial charge in [0.15, 0.2) is 0 Å². The van der Waals surface area contributed by atoms with Gasteiger partial charge in [-0.3, -0.25) is 0 Å². The lowest BCUT2D eigenvalue weighted by Gasteiger charge is -2.33. The first kappa shape index (κ1) is 13.2. The van der Waals surface area contributed by atoms with E-state index in [9.17, 15) is 0 Å². The van der Waals surface area contributed by atoms with Crippen molar-refractivity contribution in [3.8, 4) is 0 Å².